The van der Waals surface area contributed by atoms with E-state index in [1.54, 1.807) is 0 Å². The number of esters is 1. The molecular formula is C43H82O3. The number of fused-ring (bicyclic) bond motifs is 1. The van der Waals surface area contributed by atoms with Crippen LogP contribution in [0.3, 0.4) is 0 Å². The summed E-state index contributed by atoms with van der Waals surface area (Å²) in [5, 5.41) is 0. The summed E-state index contributed by atoms with van der Waals surface area (Å²) < 4.78 is 11.6. The molecule has 0 aromatic carbocycles. The molecule has 1 aliphatic carbocycles. The average Bonchev–Trinajstić information content (AvgIpc) is 3.86. The van der Waals surface area contributed by atoms with Crippen LogP contribution < -0.4 is 0 Å². The van der Waals surface area contributed by atoms with Crippen LogP contribution in [-0.4, -0.2) is 24.8 Å². The molecule has 1 heterocycles. The fraction of sp³-hybridized carbons (Fsp3) is 0.977. The lowest BCUT2D eigenvalue weighted by Crippen LogP contribution is -2.25. The van der Waals surface area contributed by atoms with Gasteiger partial charge in [0.15, 0.2) is 0 Å². The summed E-state index contributed by atoms with van der Waals surface area (Å²) in [7, 11) is 0. The molecule has 3 heteroatoms. The first kappa shape index (κ1) is 41.6. The zero-order chi connectivity index (χ0) is 32.8. The van der Waals surface area contributed by atoms with Gasteiger partial charge < -0.3 is 9.47 Å². The number of epoxide rings is 1. The number of rotatable bonds is 35. The smallest absolute Gasteiger partial charge is 0.309 e. The first-order valence-corrected chi connectivity index (χ1v) is 21.6. The van der Waals surface area contributed by atoms with Gasteiger partial charge in [-0.1, -0.05) is 206 Å². The summed E-state index contributed by atoms with van der Waals surface area (Å²) in [6.07, 6.45) is 48.6. The third-order valence-electron chi connectivity index (χ3n) is 11.2. The van der Waals surface area contributed by atoms with Gasteiger partial charge in [-0.25, -0.2) is 0 Å². The van der Waals surface area contributed by atoms with Crippen molar-refractivity contribution in [2.75, 3.05) is 6.61 Å². The monoisotopic (exact) mass is 647 g/mol. The first-order chi connectivity index (χ1) is 22.7. The van der Waals surface area contributed by atoms with Gasteiger partial charge in [-0.2, -0.15) is 0 Å². The van der Waals surface area contributed by atoms with E-state index < -0.39 is 0 Å². The van der Waals surface area contributed by atoms with Crippen molar-refractivity contribution in [3.8, 4) is 0 Å². The van der Waals surface area contributed by atoms with E-state index >= 15 is 0 Å². The van der Waals surface area contributed by atoms with Gasteiger partial charge >= 0.3 is 5.97 Å². The average molecular weight is 647 g/mol. The molecule has 0 radical (unpaired) electrons. The largest absolute Gasteiger partial charge is 0.465 e. The quantitative estimate of drug-likeness (QED) is 0.0391. The minimum atomic E-state index is 0.0619. The highest BCUT2D eigenvalue weighted by atomic mass is 16.6. The first-order valence-electron chi connectivity index (χ1n) is 21.6. The highest BCUT2D eigenvalue weighted by Crippen LogP contribution is 2.40. The van der Waals surface area contributed by atoms with Crippen molar-refractivity contribution in [2.24, 2.45) is 11.8 Å². The van der Waals surface area contributed by atoms with Crippen molar-refractivity contribution in [1.82, 2.24) is 0 Å². The number of hydrogen-bond acceptors (Lipinski definition) is 3. The minimum Gasteiger partial charge on any atom is -0.465 e. The number of ether oxygens (including phenoxy) is 2. The molecule has 0 amide bonds. The van der Waals surface area contributed by atoms with Crippen LogP contribution in [0.2, 0.25) is 0 Å². The van der Waals surface area contributed by atoms with Crippen LogP contribution in [0.1, 0.15) is 239 Å². The Labute approximate surface area is 288 Å². The summed E-state index contributed by atoms with van der Waals surface area (Å²) >= 11 is 0. The molecule has 0 bridgehead atoms. The Morgan fingerprint density at radius 2 is 0.848 bits per heavy atom. The summed E-state index contributed by atoms with van der Waals surface area (Å²) in [6.45, 7) is 5.26. The van der Waals surface area contributed by atoms with Gasteiger partial charge in [0, 0.05) is 0 Å². The summed E-state index contributed by atoms with van der Waals surface area (Å²) in [5.74, 6) is 0.703. The van der Waals surface area contributed by atoms with E-state index in [9.17, 15) is 4.79 Å². The molecule has 0 N–H and O–H groups in total. The molecule has 3 nitrogen and oxygen atoms in total. The second-order valence-electron chi connectivity index (χ2n) is 15.7. The van der Waals surface area contributed by atoms with E-state index in [0.29, 0.717) is 24.7 Å². The number of unbranched alkanes of at least 4 members (excludes halogenated alkanes) is 28. The lowest BCUT2D eigenvalue weighted by atomic mass is 9.89. The molecule has 1 saturated carbocycles. The molecule has 0 spiro atoms. The lowest BCUT2D eigenvalue weighted by Gasteiger charge is -2.21. The van der Waals surface area contributed by atoms with Crippen LogP contribution in [0.15, 0.2) is 0 Å². The molecule has 0 aromatic rings. The van der Waals surface area contributed by atoms with Crippen molar-refractivity contribution in [3.05, 3.63) is 0 Å². The van der Waals surface area contributed by atoms with Crippen molar-refractivity contribution in [2.45, 2.75) is 251 Å². The van der Waals surface area contributed by atoms with E-state index in [1.165, 1.54) is 205 Å². The SMILES string of the molecule is CCCCCCCCCCCCCCCCCCC(CCCCCCCCCCCCCCCC)COC(=O)C1CCC2OC2C1. The predicted molar refractivity (Wildman–Crippen MR) is 200 cm³/mol. The minimum absolute atomic E-state index is 0.0619. The van der Waals surface area contributed by atoms with Crippen molar-refractivity contribution < 1.29 is 14.3 Å². The van der Waals surface area contributed by atoms with Gasteiger partial charge in [-0.3, -0.25) is 4.79 Å². The van der Waals surface area contributed by atoms with Crippen LogP contribution >= 0.6 is 0 Å². The maximum absolute atomic E-state index is 12.8. The molecule has 46 heavy (non-hydrogen) atoms. The predicted octanol–water partition coefficient (Wildman–Crippen LogP) is 14.2. The second kappa shape index (κ2) is 30.5. The van der Waals surface area contributed by atoms with Crippen LogP contribution in [0, 0.1) is 11.8 Å². The normalized spacial score (nSPS) is 19.7. The maximum atomic E-state index is 12.8. The summed E-state index contributed by atoms with van der Waals surface area (Å²) in [5.41, 5.74) is 0. The molecule has 4 atom stereocenters. The van der Waals surface area contributed by atoms with Gasteiger partial charge in [-0.05, 0) is 38.0 Å². The Balaban J connectivity index is 1.46. The van der Waals surface area contributed by atoms with Gasteiger partial charge in [0.1, 0.15) is 0 Å². The molecule has 0 aromatic heterocycles. The molecule has 4 unspecified atom stereocenters. The standard InChI is InChI=1S/C43H82O3/c1-3-5-7-9-11-13-15-17-19-20-22-24-26-28-30-32-34-39(38-45-43(44)40-35-36-41-42(37-40)46-41)33-31-29-27-25-23-21-18-16-14-12-10-8-6-4-2/h39-42H,3-38H2,1-2H3. The van der Waals surface area contributed by atoms with Crippen LogP contribution in [0.25, 0.3) is 0 Å². The van der Waals surface area contributed by atoms with Crippen molar-refractivity contribution in [3.63, 3.8) is 0 Å². The van der Waals surface area contributed by atoms with E-state index in [-0.39, 0.29) is 11.9 Å². The fourth-order valence-electron chi connectivity index (χ4n) is 7.86. The lowest BCUT2D eigenvalue weighted by molar-refractivity contribution is -0.151. The number of carbonyl (C=O) groups excluding carboxylic acids is 1. The Morgan fingerprint density at radius 3 is 1.20 bits per heavy atom. The number of hydrogen-bond donors (Lipinski definition) is 0. The zero-order valence-electron chi connectivity index (χ0n) is 31.5. The van der Waals surface area contributed by atoms with Crippen LogP contribution in [0.4, 0.5) is 0 Å². The summed E-state index contributed by atoms with van der Waals surface area (Å²) in [4.78, 5) is 12.8. The van der Waals surface area contributed by atoms with Gasteiger partial charge in [-0.15, -0.1) is 0 Å². The van der Waals surface area contributed by atoms with E-state index in [4.69, 9.17) is 9.47 Å². The molecule has 1 saturated heterocycles. The van der Waals surface area contributed by atoms with Gasteiger partial charge in [0.2, 0.25) is 0 Å². The molecule has 2 fully saturated rings. The van der Waals surface area contributed by atoms with Crippen molar-refractivity contribution >= 4 is 5.97 Å². The Bertz CT molecular complexity index is 662. The molecule has 272 valence electrons. The van der Waals surface area contributed by atoms with Crippen LogP contribution in [0.5, 0.6) is 0 Å². The van der Waals surface area contributed by atoms with E-state index in [1.807, 2.05) is 0 Å². The second-order valence-corrected chi connectivity index (χ2v) is 15.7. The summed E-state index contributed by atoms with van der Waals surface area (Å²) in [6, 6.07) is 0. The third-order valence-corrected chi connectivity index (χ3v) is 11.2. The Morgan fingerprint density at radius 1 is 0.500 bits per heavy atom. The Kier molecular flexibility index (Phi) is 27.6. The molecule has 1 aliphatic heterocycles. The third kappa shape index (κ3) is 23.7. The van der Waals surface area contributed by atoms with Crippen molar-refractivity contribution in [1.29, 1.82) is 0 Å². The highest BCUT2D eigenvalue weighted by molar-refractivity contribution is 5.72. The van der Waals surface area contributed by atoms with Gasteiger partial charge in [0.25, 0.3) is 0 Å². The fourth-order valence-corrected chi connectivity index (χ4v) is 7.86. The molecule has 2 rings (SSSR count). The van der Waals surface area contributed by atoms with E-state index in [2.05, 4.69) is 13.8 Å². The molecule has 2 aliphatic rings. The molecular weight excluding hydrogens is 564 g/mol. The Hall–Kier alpha value is -0.570. The van der Waals surface area contributed by atoms with Gasteiger partial charge in [0.05, 0.1) is 24.7 Å². The topological polar surface area (TPSA) is 38.8 Å². The zero-order valence-corrected chi connectivity index (χ0v) is 31.5. The highest BCUT2D eigenvalue weighted by Gasteiger charge is 2.46. The van der Waals surface area contributed by atoms with E-state index in [0.717, 1.165) is 19.3 Å². The van der Waals surface area contributed by atoms with Crippen LogP contribution in [-0.2, 0) is 14.3 Å². The number of carbonyl (C=O) groups is 1. The maximum Gasteiger partial charge on any atom is 0.309 e.